The van der Waals surface area contributed by atoms with Gasteiger partial charge in [-0.25, -0.2) is 0 Å². The van der Waals surface area contributed by atoms with E-state index in [1.807, 2.05) is 0 Å². The van der Waals surface area contributed by atoms with Crippen LogP contribution in [0.15, 0.2) is 5.11 Å². The highest BCUT2D eigenvalue weighted by Gasteiger charge is 2.29. The molecule has 4 nitrogen and oxygen atoms in total. The van der Waals surface area contributed by atoms with E-state index in [2.05, 4.69) is 10.0 Å². The van der Waals surface area contributed by atoms with Crippen molar-refractivity contribution in [3.63, 3.8) is 0 Å². The van der Waals surface area contributed by atoms with Crippen molar-refractivity contribution in [1.82, 2.24) is 0 Å². The second-order valence-electron chi connectivity index (χ2n) is 2.29. The molecule has 1 rings (SSSR count). The van der Waals surface area contributed by atoms with Gasteiger partial charge in [0.1, 0.15) is 0 Å². The monoisotopic (exact) mass is 127 g/mol. The molecule has 1 atom stereocenters. The molecular formula is C5H9N3O. The van der Waals surface area contributed by atoms with Crippen molar-refractivity contribution in [2.75, 3.05) is 6.61 Å². The second-order valence-corrected chi connectivity index (χ2v) is 2.29. The molecule has 0 radical (unpaired) electrons. The number of aliphatic hydroxyl groups is 1. The van der Waals surface area contributed by atoms with Gasteiger partial charge in [0, 0.05) is 4.91 Å². The first kappa shape index (κ1) is 6.39. The molecular weight excluding hydrogens is 118 g/mol. The molecule has 0 amide bonds. The van der Waals surface area contributed by atoms with Crippen molar-refractivity contribution in [2.24, 2.45) is 11.0 Å². The smallest absolute Gasteiger partial charge is 0.0633 e. The van der Waals surface area contributed by atoms with Gasteiger partial charge in [0.2, 0.25) is 0 Å². The molecule has 1 saturated carbocycles. The lowest BCUT2D eigenvalue weighted by atomic mass is 10.2. The summed E-state index contributed by atoms with van der Waals surface area (Å²) in [5, 5.41) is 12.0. The van der Waals surface area contributed by atoms with Crippen LogP contribution in [0, 0.1) is 5.92 Å². The zero-order valence-electron chi connectivity index (χ0n) is 5.06. The molecule has 0 saturated heterocycles. The van der Waals surface area contributed by atoms with E-state index < -0.39 is 0 Å². The molecule has 50 valence electrons. The van der Waals surface area contributed by atoms with Crippen molar-refractivity contribution in [3.05, 3.63) is 10.4 Å². The minimum Gasteiger partial charge on any atom is -0.396 e. The first-order valence-electron chi connectivity index (χ1n) is 3.03. The van der Waals surface area contributed by atoms with Crippen molar-refractivity contribution in [1.29, 1.82) is 0 Å². The maximum atomic E-state index is 8.60. The fourth-order valence-corrected chi connectivity index (χ4v) is 0.827. The van der Waals surface area contributed by atoms with E-state index in [9.17, 15) is 0 Å². The highest BCUT2D eigenvalue weighted by Crippen LogP contribution is 2.34. The summed E-state index contributed by atoms with van der Waals surface area (Å²) in [4.78, 5) is 2.63. The van der Waals surface area contributed by atoms with Crippen molar-refractivity contribution < 1.29 is 5.11 Å². The van der Waals surface area contributed by atoms with E-state index in [-0.39, 0.29) is 12.6 Å². The third-order valence-corrected chi connectivity index (χ3v) is 1.55. The molecule has 0 aromatic rings. The molecule has 1 unspecified atom stereocenters. The summed E-state index contributed by atoms with van der Waals surface area (Å²) >= 11 is 0. The Hall–Kier alpha value is -0.730. The van der Waals surface area contributed by atoms with Crippen LogP contribution in [0.2, 0.25) is 0 Å². The quantitative estimate of drug-likeness (QED) is 0.344. The predicted molar refractivity (Wildman–Crippen MR) is 32.7 cm³/mol. The number of nitrogens with zero attached hydrogens (tertiary/aromatic N) is 3. The standard InChI is InChI=1S/C5H9N3O/c6-8-7-5(3-9)4-1-2-4/h4-5,9H,1-3H2. The van der Waals surface area contributed by atoms with Crippen molar-refractivity contribution in [2.45, 2.75) is 18.9 Å². The molecule has 0 aromatic heterocycles. The summed E-state index contributed by atoms with van der Waals surface area (Å²) in [7, 11) is 0. The Bertz CT molecular complexity index is 137. The summed E-state index contributed by atoms with van der Waals surface area (Å²) in [6.07, 6.45) is 2.20. The first-order valence-corrected chi connectivity index (χ1v) is 3.03. The van der Waals surface area contributed by atoms with Gasteiger partial charge in [0.25, 0.3) is 0 Å². The zero-order valence-corrected chi connectivity index (χ0v) is 5.06. The predicted octanol–water partition coefficient (Wildman–Crippen LogP) is 1.07. The van der Waals surface area contributed by atoms with Crippen LogP contribution >= 0.6 is 0 Å². The SMILES string of the molecule is [N-]=[N+]=NC(CO)C1CC1. The van der Waals surface area contributed by atoms with Gasteiger partial charge >= 0.3 is 0 Å². The van der Waals surface area contributed by atoms with E-state index in [1.54, 1.807) is 0 Å². The van der Waals surface area contributed by atoms with Crippen molar-refractivity contribution >= 4 is 0 Å². The molecule has 1 aliphatic carbocycles. The third-order valence-electron chi connectivity index (χ3n) is 1.55. The number of azide groups is 1. The Balaban J connectivity index is 2.37. The molecule has 0 aliphatic heterocycles. The second kappa shape index (κ2) is 2.71. The van der Waals surface area contributed by atoms with E-state index in [4.69, 9.17) is 10.6 Å². The molecule has 0 bridgehead atoms. The summed E-state index contributed by atoms with van der Waals surface area (Å²) in [6.45, 7) is -0.00523. The highest BCUT2D eigenvalue weighted by atomic mass is 16.3. The van der Waals surface area contributed by atoms with Crippen LogP contribution < -0.4 is 0 Å². The normalized spacial score (nSPS) is 20.6. The van der Waals surface area contributed by atoms with Gasteiger partial charge in [-0.15, -0.1) is 0 Å². The summed E-state index contributed by atoms with van der Waals surface area (Å²) in [5.41, 5.74) is 7.99. The average Bonchev–Trinajstić information content (AvgIpc) is 2.64. The van der Waals surface area contributed by atoms with Gasteiger partial charge in [-0.1, -0.05) is 5.11 Å². The Kier molecular flexibility index (Phi) is 1.92. The first-order chi connectivity index (χ1) is 4.38. The van der Waals surface area contributed by atoms with Crippen LogP contribution in [0.4, 0.5) is 0 Å². The Labute approximate surface area is 53.1 Å². The van der Waals surface area contributed by atoms with Crippen LogP contribution in [-0.4, -0.2) is 17.8 Å². The number of hydrogen-bond donors (Lipinski definition) is 1. The van der Waals surface area contributed by atoms with E-state index >= 15 is 0 Å². The lowest BCUT2D eigenvalue weighted by Gasteiger charge is -2.01. The minimum atomic E-state index is -0.157. The number of aliphatic hydroxyl groups excluding tert-OH is 1. The fraction of sp³-hybridized carbons (Fsp3) is 1.00. The van der Waals surface area contributed by atoms with Gasteiger partial charge in [0.05, 0.1) is 12.6 Å². The molecule has 0 heterocycles. The van der Waals surface area contributed by atoms with Gasteiger partial charge in [-0.2, -0.15) is 0 Å². The summed E-state index contributed by atoms with van der Waals surface area (Å²) in [6, 6.07) is -0.157. The van der Waals surface area contributed by atoms with Crippen LogP contribution in [0.5, 0.6) is 0 Å². The van der Waals surface area contributed by atoms with E-state index in [0.29, 0.717) is 5.92 Å². The lowest BCUT2D eigenvalue weighted by molar-refractivity contribution is 0.254. The van der Waals surface area contributed by atoms with E-state index in [1.165, 1.54) is 0 Å². The van der Waals surface area contributed by atoms with Gasteiger partial charge in [-0.3, -0.25) is 0 Å². The lowest BCUT2D eigenvalue weighted by Crippen LogP contribution is -2.10. The summed E-state index contributed by atoms with van der Waals surface area (Å²) < 4.78 is 0. The van der Waals surface area contributed by atoms with Gasteiger partial charge < -0.3 is 5.11 Å². The number of hydrogen-bond acceptors (Lipinski definition) is 2. The number of rotatable bonds is 3. The van der Waals surface area contributed by atoms with Crippen LogP contribution in [0.25, 0.3) is 10.4 Å². The average molecular weight is 127 g/mol. The highest BCUT2D eigenvalue weighted by molar-refractivity contribution is 4.85. The Morgan fingerprint density at radius 2 is 2.44 bits per heavy atom. The van der Waals surface area contributed by atoms with Crippen molar-refractivity contribution in [3.8, 4) is 0 Å². The van der Waals surface area contributed by atoms with Crippen LogP contribution in [-0.2, 0) is 0 Å². The molecule has 4 heteroatoms. The summed E-state index contributed by atoms with van der Waals surface area (Å²) in [5.74, 6) is 0.464. The molecule has 1 N–H and O–H groups in total. The molecule has 9 heavy (non-hydrogen) atoms. The van der Waals surface area contributed by atoms with Gasteiger partial charge in [0.15, 0.2) is 0 Å². The fourth-order valence-electron chi connectivity index (χ4n) is 0.827. The topological polar surface area (TPSA) is 69.0 Å². The maximum Gasteiger partial charge on any atom is 0.0633 e. The maximum absolute atomic E-state index is 8.60. The van der Waals surface area contributed by atoms with Gasteiger partial charge in [-0.05, 0) is 24.3 Å². The Morgan fingerprint density at radius 1 is 1.78 bits per heavy atom. The largest absolute Gasteiger partial charge is 0.396 e. The van der Waals surface area contributed by atoms with Crippen LogP contribution in [0.1, 0.15) is 12.8 Å². The Morgan fingerprint density at radius 3 is 2.78 bits per heavy atom. The zero-order chi connectivity index (χ0) is 6.69. The molecule has 0 aromatic carbocycles. The molecule has 0 spiro atoms. The third kappa shape index (κ3) is 1.59. The van der Waals surface area contributed by atoms with E-state index in [0.717, 1.165) is 12.8 Å². The molecule has 1 fully saturated rings. The minimum absolute atomic E-state index is 0.00523. The van der Waals surface area contributed by atoms with Crippen LogP contribution in [0.3, 0.4) is 0 Å². The molecule has 1 aliphatic rings.